The van der Waals surface area contributed by atoms with Gasteiger partial charge < -0.3 is 0 Å². The average Bonchev–Trinajstić information content (AvgIpc) is 3.39. The van der Waals surface area contributed by atoms with E-state index in [2.05, 4.69) is 15.5 Å². The predicted octanol–water partition coefficient (Wildman–Crippen LogP) is 2.30. The van der Waals surface area contributed by atoms with Gasteiger partial charge in [0.25, 0.3) is 0 Å². The second-order valence-corrected chi connectivity index (χ2v) is 10.1. The van der Waals surface area contributed by atoms with Crippen molar-refractivity contribution in [3.63, 3.8) is 0 Å². The Bertz CT molecular complexity index is 856. The van der Waals surface area contributed by atoms with Crippen molar-refractivity contribution in [3.05, 3.63) is 35.9 Å². The summed E-state index contributed by atoms with van der Waals surface area (Å²) in [5.41, 5.74) is 1.29. The maximum Gasteiger partial charge on any atom is 0.240 e. The molecule has 0 heterocycles. The molecule has 0 radical (unpaired) electrons. The molecule has 1 fully saturated rings. The van der Waals surface area contributed by atoms with E-state index in [9.17, 15) is 16.8 Å². The minimum atomic E-state index is -3.73. The Morgan fingerprint density at radius 2 is 1.72 bits per heavy atom. The lowest BCUT2D eigenvalue weighted by molar-refractivity contribution is 0.578. The molecule has 0 spiro atoms. The molecule has 8 heteroatoms. The average molecular weight is 385 g/mol. The molecule has 6 nitrogen and oxygen atoms in total. The summed E-state index contributed by atoms with van der Waals surface area (Å²) in [4.78, 5) is -0.0407. The molecule has 0 aromatic heterocycles. The molecule has 3 rings (SSSR count). The van der Waals surface area contributed by atoms with E-state index in [-0.39, 0.29) is 15.8 Å². The third-order valence-corrected chi connectivity index (χ3v) is 7.43. The zero-order chi connectivity index (χ0) is 17.9. The highest BCUT2D eigenvalue weighted by Gasteiger charge is 2.28. The number of sulfonamides is 2. The molecule has 1 aromatic rings. The van der Waals surface area contributed by atoms with E-state index in [1.54, 1.807) is 0 Å². The fourth-order valence-corrected chi connectivity index (χ4v) is 5.36. The third-order valence-electron chi connectivity index (χ3n) is 4.45. The number of nitrogens with one attached hydrogen (secondary N) is 2. The lowest BCUT2D eigenvalue weighted by Crippen LogP contribution is -2.27. The van der Waals surface area contributed by atoms with Crippen LogP contribution in [0, 0.1) is 0 Å². The van der Waals surface area contributed by atoms with Crippen molar-refractivity contribution >= 4 is 20.0 Å². The van der Waals surface area contributed by atoms with Crippen LogP contribution in [0.5, 0.6) is 0 Å². The molecule has 1 aromatic carbocycles. The van der Waals surface area contributed by atoms with Crippen LogP contribution in [-0.2, 0) is 20.0 Å². The highest BCUT2D eigenvalue weighted by atomic mass is 32.2. The van der Waals surface area contributed by atoms with Gasteiger partial charge in [0.05, 0.1) is 9.79 Å². The van der Waals surface area contributed by atoms with Gasteiger partial charge >= 0.3 is 0 Å². The summed E-state index contributed by atoms with van der Waals surface area (Å²) >= 11 is 0. The fourth-order valence-electron chi connectivity index (χ4n) is 2.86. The smallest absolute Gasteiger partial charge is 0.211 e. The first-order valence-electron chi connectivity index (χ1n) is 8.67. The van der Waals surface area contributed by atoms with E-state index in [4.69, 9.17) is 0 Å². The predicted molar refractivity (Wildman–Crippen MR) is 96.1 cm³/mol. The zero-order valence-electron chi connectivity index (χ0n) is 14.1. The molecule has 2 N–H and O–H groups in total. The number of benzene rings is 1. The van der Waals surface area contributed by atoms with Crippen LogP contribution in [0.15, 0.2) is 45.7 Å². The maximum atomic E-state index is 12.4. The van der Waals surface area contributed by atoms with Crippen LogP contribution in [0.25, 0.3) is 0 Å². The van der Waals surface area contributed by atoms with E-state index in [1.165, 1.54) is 36.3 Å². The van der Waals surface area contributed by atoms with Crippen molar-refractivity contribution in [3.8, 4) is 0 Å². The topological polar surface area (TPSA) is 92.3 Å². The van der Waals surface area contributed by atoms with Crippen LogP contribution in [0.3, 0.4) is 0 Å². The Morgan fingerprint density at radius 1 is 1.00 bits per heavy atom. The van der Waals surface area contributed by atoms with Gasteiger partial charge in [-0.05, 0) is 63.1 Å². The molecule has 0 atom stereocenters. The molecule has 2 aliphatic rings. The molecule has 25 heavy (non-hydrogen) atoms. The Balaban J connectivity index is 1.67. The molecule has 0 saturated heterocycles. The van der Waals surface area contributed by atoms with Gasteiger partial charge in [0.1, 0.15) is 0 Å². The highest BCUT2D eigenvalue weighted by molar-refractivity contribution is 7.90. The molecular weight excluding hydrogens is 360 g/mol. The van der Waals surface area contributed by atoms with Crippen molar-refractivity contribution in [2.24, 2.45) is 0 Å². The second kappa shape index (κ2) is 7.57. The van der Waals surface area contributed by atoms with E-state index >= 15 is 0 Å². The second-order valence-electron chi connectivity index (χ2n) is 6.63. The van der Waals surface area contributed by atoms with Crippen LogP contribution in [-0.4, -0.2) is 29.4 Å². The Kier molecular flexibility index (Phi) is 5.62. The van der Waals surface area contributed by atoms with Gasteiger partial charge in [-0.3, -0.25) is 0 Å². The summed E-state index contributed by atoms with van der Waals surface area (Å²) in [5, 5.41) is 0. The number of hydrogen-bond donors (Lipinski definition) is 2. The Morgan fingerprint density at radius 3 is 2.36 bits per heavy atom. The van der Waals surface area contributed by atoms with E-state index < -0.39 is 20.0 Å². The minimum Gasteiger partial charge on any atom is -0.211 e. The highest BCUT2D eigenvalue weighted by Crippen LogP contribution is 2.23. The van der Waals surface area contributed by atoms with Gasteiger partial charge in [0.2, 0.25) is 20.0 Å². The largest absolute Gasteiger partial charge is 0.240 e. The number of hydrogen-bond acceptors (Lipinski definition) is 4. The summed E-state index contributed by atoms with van der Waals surface area (Å²) in [7, 11) is -7.39. The van der Waals surface area contributed by atoms with Crippen LogP contribution in [0.2, 0.25) is 0 Å². The monoisotopic (exact) mass is 384 g/mol. The lowest BCUT2D eigenvalue weighted by atomic mass is 9.97. The van der Waals surface area contributed by atoms with E-state index in [0.717, 1.165) is 32.1 Å². The van der Waals surface area contributed by atoms with Gasteiger partial charge in [0, 0.05) is 12.6 Å². The summed E-state index contributed by atoms with van der Waals surface area (Å²) in [6, 6.07) is 5.48. The first kappa shape index (κ1) is 18.6. The molecule has 0 aliphatic heterocycles. The van der Waals surface area contributed by atoms with Crippen LogP contribution >= 0.6 is 0 Å². The van der Waals surface area contributed by atoms with Crippen LogP contribution < -0.4 is 9.44 Å². The fraction of sp³-hybridized carbons (Fsp3) is 0.529. The van der Waals surface area contributed by atoms with E-state index in [1.807, 2.05) is 0 Å². The van der Waals surface area contributed by atoms with Gasteiger partial charge in [-0.1, -0.05) is 17.7 Å². The van der Waals surface area contributed by atoms with Gasteiger partial charge in [-0.15, -0.1) is 0 Å². The molecule has 1 saturated carbocycles. The Labute approximate surface area is 149 Å². The zero-order valence-corrected chi connectivity index (χ0v) is 15.7. The van der Waals surface area contributed by atoms with Gasteiger partial charge in [-0.2, -0.15) is 0 Å². The van der Waals surface area contributed by atoms with Crippen molar-refractivity contribution in [1.82, 2.24) is 9.44 Å². The normalized spacial score (nSPS) is 18.8. The Hall–Kier alpha value is -1.22. The third kappa shape index (κ3) is 5.13. The first-order chi connectivity index (χ1) is 11.9. The van der Waals surface area contributed by atoms with Gasteiger partial charge in [0.15, 0.2) is 0 Å². The molecule has 0 amide bonds. The molecule has 138 valence electrons. The van der Waals surface area contributed by atoms with Crippen molar-refractivity contribution in [2.45, 2.75) is 60.8 Å². The number of allylic oxidation sites excluding steroid dienone is 1. The summed E-state index contributed by atoms with van der Waals surface area (Å²) in [6.45, 7) is 0.325. The molecule has 2 aliphatic carbocycles. The quantitative estimate of drug-likeness (QED) is 0.673. The first-order valence-corrected chi connectivity index (χ1v) is 11.6. The standard InChI is InChI=1S/C17H24N2O4S2/c20-24(21,18-12-11-14-5-2-1-3-6-14)16-7-4-8-17(13-16)25(22,23)19-15-9-10-15/h4-5,7-8,13,15,18-19H,1-3,6,9-12H2. The maximum absolute atomic E-state index is 12.4. The summed E-state index contributed by atoms with van der Waals surface area (Å²) < 4.78 is 54.5. The molecule has 0 unspecified atom stereocenters. The van der Waals surface area contributed by atoms with E-state index in [0.29, 0.717) is 13.0 Å². The van der Waals surface area contributed by atoms with Crippen molar-refractivity contribution < 1.29 is 16.8 Å². The molecule has 0 bridgehead atoms. The van der Waals surface area contributed by atoms with Crippen molar-refractivity contribution in [1.29, 1.82) is 0 Å². The van der Waals surface area contributed by atoms with Crippen LogP contribution in [0.4, 0.5) is 0 Å². The summed E-state index contributed by atoms with van der Waals surface area (Å²) in [6.07, 6.45) is 8.99. The lowest BCUT2D eigenvalue weighted by Gasteiger charge is -2.13. The minimum absolute atomic E-state index is 0.0164. The SMILES string of the molecule is O=S(=O)(NCCC1=CCCCC1)c1cccc(S(=O)(=O)NC2CC2)c1. The van der Waals surface area contributed by atoms with Crippen LogP contribution in [0.1, 0.15) is 44.9 Å². The number of rotatable bonds is 8. The van der Waals surface area contributed by atoms with Crippen molar-refractivity contribution in [2.75, 3.05) is 6.54 Å². The molecular formula is C17H24N2O4S2. The van der Waals surface area contributed by atoms with Gasteiger partial charge in [-0.25, -0.2) is 26.3 Å². The summed E-state index contributed by atoms with van der Waals surface area (Å²) in [5.74, 6) is 0.